The molecular formula is C50H87NO36. The number of carbonyl (C=O) groups excluding carboxylic acids is 1. The largest absolute Gasteiger partial charge is 0.394 e. The molecule has 7 heterocycles. The molecule has 0 aromatic heterocycles. The lowest BCUT2D eigenvalue weighted by atomic mass is 9.94. The zero-order valence-electron chi connectivity index (χ0n) is 47.9. The molecule has 37 nitrogen and oxygen atoms in total. The van der Waals surface area contributed by atoms with Gasteiger partial charge < -0.3 is 179 Å². The van der Waals surface area contributed by atoms with Crippen molar-refractivity contribution in [2.75, 3.05) is 26.4 Å². The van der Waals surface area contributed by atoms with Crippen molar-refractivity contribution in [1.82, 2.24) is 5.32 Å². The maximum atomic E-state index is 13.0. The Morgan fingerprint density at radius 3 is 1.29 bits per heavy atom. The summed E-state index contributed by atoms with van der Waals surface area (Å²) in [5.41, 5.74) is 0. The van der Waals surface area contributed by atoms with Crippen LogP contribution < -0.4 is 5.32 Å². The fraction of sp³-hybridized carbons (Fsp3) is 0.980. The minimum Gasteiger partial charge on any atom is -0.394 e. The van der Waals surface area contributed by atoms with E-state index in [-0.39, 0.29) is 0 Å². The quantitative estimate of drug-likeness (QED) is 0.0479. The van der Waals surface area contributed by atoms with Crippen molar-refractivity contribution in [2.45, 2.75) is 281 Å². The molecule has 22 N–H and O–H groups in total. The third-order valence-electron chi connectivity index (χ3n) is 16.5. The average molecular weight is 1280 g/mol. The molecule has 87 heavy (non-hydrogen) atoms. The highest BCUT2D eigenvalue weighted by Gasteiger charge is 2.59. The van der Waals surface area contributed by atoms with Gasteiger partial charge in [0.05, 0.1) is 56.9 Å². The van der Waals surface area contributed by atoms with E-state index in [0.717, 1.165) is 6.92 Å². The Hall–Kier alpha value is -1.93. The minimum absolute atomic E-state index is 0.863. The molecule has 39 atom stereocenters. The lowest BCUT2D eigenvalue weighted by Crippen LogP contribution is -2.70. The van der Waals surface area contributed by atoms with Gasteiger partial charge in [0, 0.05) is 6.92 Å². The van der Waals surface area contributed by atoms with Gasteiger partial charge in [-0.2, -0.15) is 0 Å². The number of carbonyl (C=O) groups is 1. The average Bonchev–Trinajstić information content (AvgIpc) is 0.936. The zero-order chi connectivity index (χ0) is 64.5. The molecule has 7 aliphatic rings. The van der Waals surface area contributed by atoms with E-state index < -0.39 is 272 Å². The van der Waals surface area contributed by atoms with E-state index in [1.165, 1.54) is 34.6 Å². The second kappa shape index (κ2) is 30.9. The van der Waals surface area contributed by atoms with E-state index >= 15 is 0 Å². The van der Waals surface area contributed by atoms with Crippen molar-refractivity contribution in [2.24, 2.45) is 0 Å². The number of hydrogen-bond donors (Lipinski definition) is 22. The number of nitrogens with one attached hydrogen (secondary N) is 1. The third kappa shape index (κ3) is 15.8. The number of aliphatic hydroxyl groups excluding tert-OH is 21. The summed E-state index contributed by atoms with van der Waals surface area (Å²) in [5.74, 6) is -0.863. The predicted octanol–water partition coefficient (Wildman–Crippen LogP) is -13.5. The van der Waals surface area contributed by atoms with Crippen LogP contribution in [0.3, 0.4) is 0 Å². The third-order valence-corrected chi connectivity index (χ3v) is 16.5. The van der Waals surface area contributed by atoms with Crippen molar-refractivity contribution < 1.29 is 178 Å². The number of aliphatic hydroxyl groups is 21. The van der Waals surface area contributed by atoms with E-state index in [9.17, 15) is 112 Å². The van der Waals surface area contributed by atoms with Crippen LogP contribution in [0, 0.1) is 0 Å². The van der Waals surface area contributed by atoms with Gasteiger partial charge in [-0.15, -0.1) is 0 Å². The standard InChI is InChI=1S/C50H87NO36/c1-11-22(58)29(65)33(69)45(75-11)83-39(26(62)17(56)7-52)18(57)10-74-49-42(32(68)25(61)14(4)78-49)87-50-43(86-47-35(71)31(67)24(60)13(3)77-47)36(72)38(15(5)79-50)82-44-21(51-16(6)55)40(27(63)19(8-53)80-44)84-48-37(73)41(28(64)20(9-54)81-48)85-46-34(70)30(66)23(59)12(2)76-46/h11-15,17-50,52-54,56-73H,7-10H2,1-6H3,(H,51,55)/t11-,12-,13-,14-,15-,17+,18-,19+,20+,21+,22-,23-,24-,25-,26+,27+,28-,29+,30+,31+,32+,33+,34+,35+,36+,37+,38-,39+,40+,41-,42+,43+,44+,45-,46-,47-,48+,49+,50-/m0/s1. The molecule has 0 radical (unpaired) electrons. The normalized spacial score (nSPS) is 50.6. The fourth-order valence-corrected chi connectivity index (χ4v) is 11.1. The first-order valence-corrected chi connectivity index (χ1v) is 28.3. The summed E-state index contributed by atoms with van der Waals surface area (Å²) in [5, 5.41) is 231. The number of amides is 1. The number of rotatable bonds is 22. The molecule has 7 saturated heterocycles. The fourth-order valence-electron chi connectivity index (χ4n) is 11.1. The van der Waals surface area contributed by atoms with Gasteiger partial charge in [0.2, 0.25) is 5.91 Å². The van der Waals surface area contributed by atoms with Gasteiger partial charge in [0.1, 0.15) is 165 Å². The highest BCUT2D eigenvalue weighted by molar-refractivity contribution is 5.73. The summed E-state index contributed by atoms with van der Waals surface area (Å²) in [6.45, 7) is 3.35. The van der Waals surface area contributed by atoms with Gasteiger partial charge in [0.25, 0.3) is 0 Å². The highest BCUT2D eigenvalue weighted by atomic mass is 16.8. The van der Waals surface area contributed by atoms with Crippen LogP contribution in [0.5, 0.6) is 0 Å². The van der Waals surface area contributed by atoms with Gasteiger partial charge in [-0.3, -0.25) is 4.79 Å². The Morgan fingerprint density at radius 1 is 0.391 bits per heavy atom. The minimum atomic E-state index is -2.19. The summed E-state index contributed by atoms with van der Waals surface area (Å²) in [4.78, 5) is 13.0. The van der Waals surface area contributed by atoms with Gasteiger partial charge in [0.15, 0.2) is 44.0 Å². The second-order valence-corrected chi connectivity index (χ2v) is 22.8. The van der Waals surface area contributed by atoms with Crippen LogP contribution in [-0.2, 0) is 71.1 Å². The van der Waals surface area contributed by atoms with Gasteiger partial charge >= 0.3 is 0 Å². The molecule has 0 bridgehead atoms. The van der Waals surface area contributed by atoms with Gasteiger partial charge in [-0.25, -0.2) is 0 Å². The monoisotopic (exact) mass is 1280 g/mol. The van der Waals surface area contributed by atoms with E-state index in [0.29, 0.717) is 0 Å². The molecule has 0 unspecified atom stereocenters. The van der Waals surface area contributed by atoms with Crippen LogP contribution in [0.1, 0.15) is 41.5 Å². The van der Waals surface area contributed by atoms with Crippen LogP contribution in [0.25, 0.3) is 0 Å². The van der Waals surface area contributed by atoms with Crippen LogP contribution >= 0.6 is 0 Å². The SMILES string of the molecule is CC(=O)N[C@H]1[C@@H](O[C@@H]2[C@@H](O)[C@@H](O[C@@H]3O[C@@H](C)[C@H](O)[C@@H](O)[C@H]3O)[C@H](O[C@H]3[C@H](OC[C@H](O)[C@@H](O[C@@H]4O[C@@H](C)[C@H](O)[C@@H](O)[C@H]4O)[C@H](O)[C@H](O)CO)O[C@@H](C)[C@H](O)[C@H]3O)O[C@H]2C)O[C@H](CO)[C@@H](O)[C@@H]1O[C@H]1O[C@H](CO)[C@H](O)[C@H](O[C@@H]2O[C@@H](C)[C@H](O)[C@@H](O)[C@H]2O)[C@H]1O. The molecule has 0 spiro atoms. The molecule has 7 rings (SSSR count). The summed E-state index contributed by atoms with van der Waals surface area (Å²) in [7, 11) is 0. The molecule has 7 fully saturated rings. The van der Waals surface area contributed by atoms with Gasteiger partial charge in [-0.05, 0) is 34.6 Å². The van der Waals surface area contributed by atoms with Crippen LogP contribution in [-0.4, -0.2) is 379 Å². The Balaban J connectivity index is 1.16. The van der Waals surface area contributed by atoms with Crippen LogP contribution in [0.15, 0.2) is 0 Å². The lowest BCUT2D eigenvalue weighted by molar-refractivity contribution is -0.402. The molecule has 7 aliphatic heterocycles. The molecule has 0 aliphatic carbocycles. The van der Waals surface area contributed by atoms with Crippen LogP contribution in [0.4, 0.5) is 0 Å². The summed E-state index contributed by atoms with van der Waals surface area (Å²) < 4.78 is 82.1. The Kier molecular flexibility index (Phi) is 25.7. The number of hydrogen-bond acceptors (Lipinski definition) is 36. The summed E-state index contributed by atoms with van der Waals surface area (Å²) >= 11 is 0. The van der Waals surface area contributed by atoms with Crippen molar-refractivity contribution >= 4 is 5.91 Å². The first-order valence-electron chi connectivity index (χ1n) is 28.3. The first-order chi connectivity index (χ1) is 40.9. The molecule has 508 valence electrons. The predicted molar refractivity (Wildman–Crippen MR) is 271 cm³/mol. The second-order valence-electron chi connectivity index (χ2n) is 22.8. The Bertz CT molecular complexity index is 2120. The molecule has 0 aromatic carbocycles. The lowest BCUT2D eigenvalue weighted by Gasteiger charge is -2.51. The van der Waals surface area contributed by atoms with Crippen molar-refractivity contribution in [1.29, 1.82) is 0 Å². The van der Waals surface area contributed by atoms with E-state index in [4.69, 9.17) is 66.3 Å². The topological polar surface area (TPSA) is 583 Å². The smallest absolute Gasteiger partial charge is 0.217 e. The van der Waals surface area contributed by atoms with E-state index in [1.807, 2.05) is 0 Å². The number of ether oxygens (including phenoxy) is 14. The van der Waals surface area contributed by atoms with Crippen molar-refractivity contribution in [3.05, 3.63) is 0 Å². The van der Waals surface area contributed by atoms with Crippen molar-refractivity contribution in [3.63, 3.8) is 0 Å². The van der Waals surface area contributed by atoms with Crippen molar-refractivity contribution in [3.8, 4) is 0 Å². The summed E-state index contributed by atoms with van der Waals surface area (Å²) in [6.07, 6.45) is -70.3. The Labute approximate surface area is 496 Å². The highest BCUT2D eigenvalue weighted by Crippen LogP contribution is 2.38. The zero-order valence-corrected chi connectivity index (χ0v) is 47.9. The van der Waals surface area contributed by atoms with E-state index in [2.05, 4.69) is 5.32 Å². The molecule has 37 heteroatoms. The summed E-state index contributed by atoms with van der Waals surface area (Å²) in [6, 6.07) is -1.78. The maximum Gasteiger partial charge on any atom is 0.217 e. The Morgan fingerprint density at radius 2 is 0.782 bits per heavy atom. The molecule has 0 aromatic rings. The molecule has 0 saturated carbocycles. The van der Waals surface area contributed by atoms with Gasteiger partial charge in [-0.1, -0.05) is 0 Å². The maximum absolute atomic E-state index is 13.0. The van der Waals surface area contributed by atoms with E-state index in [1.54, 1.807) is 0 Å². The molecule has 1 amide bonds. The van der Waals surface area contributed by atoms with Crippen LogP contribution in [0.2, 0.25) is 0 Å². The molecular weight excluding hydrogens is 1190 g/mol. The first kappa shape index (κ1) is 72.5.